The Morgan fingerprint density at radius 2 is 2.11 bits per heavy atom. The molecule has 0 bridgehead atoms. The molecular formula is C14H18N2O2. The second kappa shape index (κ2) is 8.26. The Kier molecular flexibility index (Phi) is 6.52. The number of rotatable bonds is 7. The fourth-order valence-corrected chi connectivity index (χ4v) is 1.39. The summed E-state index contributed by atoms with van der Waals surface area (Å²) in [5.41, 5.74) is 1.67. The molecule has 0 fully saturated rings. The Bertz CT molecular complexity index is 407. The summed E-state index contributed by atoms with van der Waals surface area (Å²) >= 11 is 0. The minimum atomic E-state index is -0.225. The van der Waals surface area contributed by atoms with Crippen molar-refractivity contribution in [3.8, 4) is 6.07 Å². The number of nitrogens with zero attached hydrogens (tertiary/aromatic N) is 1. The number of hydrogen-bond donors (Lipinski definition) is 1. The van der Waals surface area contributed by atoms with Crippen molar-refractivity contribution < 1.29 is 9.53 Å². The second-order valence-electron chi connectivity index (χ2n) is 3.99. The lowest BCUT2D eigenvalue weighted by Crippen LogP contribution is -2.24. The molecule has 0 radical (unpaired) electrons. The van der Waals surface area contributed by atoms with Gasteiger partial charge in [0, 0.05) is 6.54 Å². The van der Waals surface area contributed by atoms with E-state index >= 15 is 0 Å². The van der Waals surface area contributed by atoms with E-state index in [0.29, 0.717) is 18.7 Å². The van der Waals surface area contributed by atoms with Crippen LogP contribution in [0, 0.1) is 11.3 Å². The summed E-state index contributed by atoms with van der Waals surface area (Å²) in [5.74, 6) is -0.225. The maximum Gasteiger partial charge on any atom is 0.319 e. The number of carbonyl (C=O) groups is 1. The second-order valence-corrected chi connectivity index (χ2v) is 3.99. The van der Waals surface area contributed by atoms with Gasteiger partial charge in [-0.25, -0.2) is 0 Å². The molecule has 1 rings (SSSR count). The Morgan fingerprint density at radius 3 is 2.72 bits per heavy atom. The van der Waals surface area contributed by atoms with Gasteiger partial charge in [-0.3, -0.25) is 4.79 Å². The zero-order chi connectivity index (χ0) is 13.2. The van der Waals surface area contributed by atoms with Gasteiger partial charge in [-0.05, 0) is 24.1 Å². The number of carbonyl (C=O) groups excluding carboxylic acids is 1. The van der Waals surface area contributed by atoms with E-state index in [-0.39, 0.29) is 12.5 Å². The summed E-state index contributed by atoms with van der Waals surface area (Å²) in [5, 5.41) is 11.7. The first kappa shape index (κ1) is 14.2. The van der Waals surface area contributed by atoms with E-state index < -0.39 is 0 Å². The molecule has 1 N–H and O–H groups in total. The average molecular weight is 246 g/mol. The lowest BCUT2D eigenvalue weighted by Gasteiger charge is -2.06. The Hall–Kier alpha value is -1.86. The molecule has 0 aliphatic rings. The molecule has 0 unspecified atom stereocenters. The molecule has 0 heterocycles. The van der Waals surface area contributed by atoms with Gasteiger partial charge in [0.1, 0.15) is 0 Å². The van der Waals surface area contributed by atoms with Gasteiger partial charge in [-0.15, -0.1) is 0 Å². The first-order valence-electron chi connectivity index (χ1n) is 6.11. The monoisotopic (exact) mass is 246 g/mol. The number of benzene rings is 1. The van der Waals surface area contributed by atoms with E-state index in [9.17, 15) is 4.79 Å². The van der Waals surface area contributed by atoms with Crippen molar-refractivity contribution in [1.29, 1.82) is 5.26 Å². The standard InChI is InChI=1S/C14H18N2O2/c1-2-3-8-18-14(17)11-16-10-13-6-4-12(9-15)5-7-13/h4-7,16H,2-3,8,10-11H2,1H3. The van der Waals surface area contributed by atoms with Crippen LogP contribution in [0.1, 0.15) is 30.9 Å². The molecule has 0 atom stereocenters. The van der Waals surface area contributed by atoms with Gasteiger partial charge in [-0.2, -0.15) is 5.26 Å². The Morgan fingerprint density at radius 1 is 1.39 bits per heavy atom. The van der Waals surface area contributed by atoms with Gasteiger partial charge in [-0.1, -0.05) is 25.5 Å². The molecule has 0 saturated heterocycles. The first-order chi connectivity index (χ1) is 8.76. The van der Waals surface area contributed by atoms with E-state index in [1.165, 1.54) is 0 Å². The molecule has 0 saturated carbocycles. The predicted molar refractivity (Wildman–Crippen MR) is 68.7 cm³/mol. The van der Waals surface area contributed by atoms with Crippen molar-refractivity contribution in [3.63, 3.8) is 0 Å². The molecule has 4 nitrogen and oxygen atoms in total. The molecular weight excluding hydrogens is 228 g/mol. The number of esters is 1. The predicted octanol–water partition coefficient (Wildman–Crippen LogP) is 1.99. The van der Waals surface area contributed by atoms with Gasteiger partial charge < -0.3 is 10.1 Å². The van der Waals surface area contributed by atoms with E-state index in [1.54, 1.807) is 12.1 Å². The van der Waals surface area contributed by atoms with Crippen LogP contribution in [0.3, 0.4) is 0 Å². The lowest BCUT2D eigenvalue weighted by molar-refractivity contribution is -0.142. The SMILES string of the molecule is CCCCOC(=O)CNCc1ccc(C#N)cc1. The van der Waals surface area contributed by atoms with Crippen molar-refractivity contribution >= 4 is 5.97 Å². The third-order valence-electron chi connectivity index (χ3n) is 2.44. The van der Waals surface area contributed by atoms with E-state index in [1.807, 2.05) is 12.1 Å². The van der Waals surface area contributed by atoms with Crippen molar-refractivity contribution in [3.05, 3.63) is 35.4 Å². The highest BCUT2D eigenvalue weighted by molar-refractivity contribution is 5.71. The lowest BCUT2D eigenvalue weighted by atomic mass is 10.1. The quantitative estimate of drug-likeness (QED) is 0.590. The number of nitriles is 1. The van der Waals surface area contributed by atoms with Gasteiger partial charge in [0.25, 0.3) is 0 Å². The maximum absolute atomic E-state index is 11.3. The molecule has 18 heavy (non-hydrogen) atoms. The van der Waals surface area contributed by atoms with Crippen LogP contribution in [0.5, 0.6) is 0 Å². The summed E-state index contributed by atoms with van der Waals surface area (Å²) in [6, 6.07) is 9.32. The summed E-state index contributed by atoms with van der Waals surface area (Å²) in [6.07, 6.45) is 1.92. The molecule has 0 aliphatic heterocycles. The first-order valence-corrected chi connectivity index (χ1v) is 6.11. The van der Waals surface area contributed by atoms with E-state index in [4.69, 9.17) is 10.00 Å². The molecule has 1 aromatic rings. The number of ether oxygens (including phenoxy) is 1. The van der Waals surface area contributed by atoms with Crippen LogP contribution in [-0.2, 0) is 16.1 Å². The molecule has 96 valence electrons. The minimum absolute atomic E-state index is 0.212. The zero-order valence-electron chi connectivity index (χ0n) is 10.6. The van der Waals surface area contributed by atoms with Gasteiger partial charge >= 0.3 is 5.97 Å². The third-order valence-corrected chi connectivity index (χ3v) is 2.44. The highest BCUT2D eigenvalue weighted by Gasteiger charge is 2.01. The number of nitrogens with one attached hydrogen (secondary N) is 1. The van der Waals surface area contributed by atoms with E-state index in [2.05, 4.69) is 18.3 Å². The highest BCUT2D eigenvalue weighted by atomic mass is 16.5. The van der Waals surface area contributed by atoms with E-state index in [0.717, 1.165) is 18.4 Å². The Labute approximate surface area is 108 Å². The molecule has 0 amide bonds. The summed E-state index contributed by atoms with van der Waals surface area (Å²) in [7, 11) is 0. The number of hydrogen-bond acceptors (Lipinski definition) is 4. The van der Waals surface area contributed by atoms with Crippen LogP contribution in [0.15, 0.2) is 24.3 Å². The fraction of sp³-hybridized carbons (Fsp3) is 0.429. The van der Waals surface area contributed by atoms with Crippen LogP contribution in [-0.4, -0.2) is 19.1 Å². The maximum atomic E-state index is 11.3. The van der Waals surface area contributed by atoms with Crippen LogP contribution >= 0.6 is 0 Å². The average Bonchev–Trinajstić information content (AvgIpc) is 2.40. The zero-order valence-corrected chi connectivity index (χ0v) is 10.6. The summed E-state index contributed by atoms with van der Waals surface area (Å²) in [6.45, 7) is 3.35. The fourth-order valence-electron chi connectivity index (χ4n) is 1.39. The highest BCUT2D eigenvalue weighted by Crippen LogP contribution is 2.02. The van der Waals surface area contributed by atoms with Gasteiger partial charge in [0.05, 0.1) is 24.8 Å². The molecule has 0 aliphatic carbocycles. The van der Waals surface area contributed by atoms with Crippen molar-refractivity contribution in [2.24, 2.45) is 0 Å². The molecule has 1 aromatic carbocycles. The topological polar surface area (TPSA) is 62.1 Å². The third kappa shape index (κ3) is 5.46. The largest absolute Gasteiger partial charge is 0.465 e. The van der Waals surface area contributed by atoms with Crippen LogP contribution in [0.2, 0.25) is 0 Å². The molecule has 0 spiro atoms. The van der Waals surface area contributed by atoms with Gasteiger partial charge in [0.2, 0.25) is 0 Å². The summed E-state index contributed by atoms with van der Waals surface area (Å²) in [4.78, 5) is 11.3. The van der Waals surface area contributed by atoms with Crippen LogP contribution < -0.4 is 5.32 Å². The smallest absolute Gasteiger partial charge is 0.319 e. The van der Waals surface area contributed by atoms with Crippen LogP contribution in [0.25, 0.3) is 0 Å². The number of unbranched alkanes of at least 4 members (excludes halogenated alkanes) is 1. The minimum Gasteiger partial charge on any atom is -0.465 e. The van der Waals surface area contributed by atoms with Gasteiger partial charge in [0.15, 0.2) is 0 Å². The summed E-state index contributed by atoms with van der Waals surface area (Å²) < 4.78 is 5.01. The molecule has 0 aromatic heterocycles. The molecule has 4 heteroatoms. The van der Waals surface area contributed by atoms with Crippen molar-refractivity contribution in [2.75, 3.05) is 13.2 Å². The van der Waals surface area contributed by atoms with Crippen molar-refractivity contribution in [1.82, 2.24) is 5.32 Å². The van der Waals surface area contributed by atoms with Crippen molar-refractivity contribution in [2.45, 2.75) is 26.3 Å². The van der Waals surface area contributed by atoms with Crippen LogP contribution in [0.4, 0.5) is 0 Å². The normalized spacial score (nSPS) is 9.78. The Balaban J connectivity index is 2.20.